The molecule has 0 aliphatic carbocycles. The van der Waals surface area contributed by atoms with Gasteiger partial charge in [-0.2, -0.15) is 0 Å². The lowest BCUT2D eigenvalue weighted by Crippen LogP contribution is -2.01. The maximum Gasteiger partial charge on any atom is 0.124 e. The van der Waals surface area contributed by atoms with Gasteiger partial charge in [0.05, 0.1) is 19.6 Å². The number of rotatable bonds is 4. The van der Waals surface area contributed by atoms with E-state index in [4.69, 9.17) is 32.7 Å². The predicted molar refractivity (Wildman–Crippen MR) is 91.1 cm³/mol. The number of methoxy groups -OCH3 is 2. The van der Waals surface area contributed by atoms with Crippen molar-refractivity contribution in [3.63, 3.8) is 0 Å². The van der Waals surface area contributed by atoms with Crippen LogP contribution in [0.25, 0.3) is 0 Å². The minimum atomic E-state index is -0.425. The number of hydrogen-bond donors (Lipinski definition) is 0. The molecule has 0 aliphatic rings. The van der Waals surface area contributed by atoms with Crippen LogP contribution in [0.3, 0.4) is 0 Å². The van der Waals surface area contributed by atoms with Crippen LogP contribution in [0.1, 0.15) is 22.1 Å². The molecule has 2 aromatic carbocycles. The van der Waals surface area contributed by atoms with E-state index < -0.39 is 5.38 Å². The molecule has 0 aliphatic heterocycles. The largest absolute Gasteiger partial charge is 0.496 e. The van der Waals surface area contributed by atoms with Crippen LogP contribution in [0.4, 0.5) is 0 Å². The van der Waals surface area contributed by atoms with Crippen LogP contribution in [0.15, 0.2) is 34.8 Å². The Morgan fingerprint density at radius 1 is 1.00 bits per heavy atom. The molecule has 2 rings (SSSR count). The van der Waals surface area contributed by atoms with E-state index in [2.05, 4.69) is 15.9 Å². The molecule has 0 amide bonds. The highest BCUT2D eigenvalue weighted by molar-refractivity contribution is 9.10. The van der Waals surface area contributed by atoms with Gasteiger partial charge in [0, 0.05) is 20.6 Å². The van der Waals surface area contributed by atoms with Crippen LogP contribution in [-0.4, -0.2) is 14.2 Å². The molecule has 21 heavy (non-hydrogen) atoms. The molecule has 1 atom stereocenters. The van der Waals surface area contributed by atoms with Crippen LogP contribution in [0, 0.1) is 6.92 Å². The highest BCUT2D eigenvalue weighted by Gasteiger charge is 2.21. The van der Waals surface area contributed by atoms with Crippen LogP contribution in [-0.2, 0) is 0 Å². The van der Waals surface area contributed by atoms with Crippen molar-refractivity contribution < 1.29 is 9.47 Å². The van der Waals surface area contributed by atoms with Crippen LogP contribution < -0.4 is 9.47 Å². The van der Waals surface area contributed by atoms with E-state index in [9.17, 15) is 0 Å². The van der Waals surface area contributed by atoms with Gasteiger partial charge in [0.15, 0.2) is 0 Å². The first-order valence-electron chi connectivity index (χ1n) is 6.29. The molecule has 0 bridgehead atoms. The Kier molecular flexibility index (Phi) is 5.42. The third-order valence-electron chi connectivity index (χ3n) is 3.25. The summed E-state index contributed by atoms with van der Waals surface area (Å²) in [6.07, 6.45) is 0. The van der Waals surface area contributed by atoms with Gasteiger partial charge < -0.3 is 9.47 Å². The Morgan fingerprint density at radius 2 is 1.62 bits per heavy atom. The Bertz CT molecular complexity index is 659. The third-order valence-corrected chi connectivity index (χ3v) is 4.81. The van der Waals surface area contributed by atoms with Crippen LogP contribution in [0.5, 0.6) is 11.5 Å². The Morgan fingerprint density at radius 3 is 2.24 bits per heavy atom. The van der Waals surface area contributed by atoms with Gasteiger partial charge in [0.1, 0.15) is 11.5 Å². The molecule has 0 heterocycles. The molecule has 0 fully saturated rings. The second-order valence-electron chi connectivity index (χ2n) is 4.59. The number of halogens is 3. The summed E-state index contributed by atoms with van der Waals surface area (Å²) >= 11 is 16.3. The lowest BCUT2D eigenvalue weighted by molar-refractivity contribution is 0.404. The second-order valence-corrected chi connectivity index (χ2v) is 6.32. The highest BCUT2D eigenvalue weighted by atomic mass is 79.9. The lowest BCUT2D eigenvalue weighted by Gasteiger charge is -2.18. The zero-order chi connectivity index (χ0) is 15.6. The van der Waals surface area contributed by atoms with E-state index >= 15 is 0 Å². The van der Waals surface area contributed by atoms with Gasteiger partial charge in [-0.15, -0.1) is 11.6 Å². The maximum absolute atomic E-state index is 6.66. The summed E-state index contributed by atoms with van der Waals surface area (Å²) in [5.41, 5.74) is 2.75. The number of benzene rings is 2. The summed E-state index contributed by atoms with van der Waals surface area (Å²) in [5, 5.41) is 0.187. The average Bonchev–Trinajstić information content (AvgIpc) is 2.48. The van der Waals surface area contributed by atoms with Crippen molar-refractivity contribution in [2.75, 3.05) is 14.2 Å². The molecule has 0 spiro atoms. The zero-order valence-electron chi connectivity index (χ0n) is 11.9. The quantitative estimate of drug-likeness (QED) is 0.619. The molecule has 112 valence electrons. The van der Waals surface area contributed by atoms with E-state index in [0.717, 1.165) is 26.9 Å². The molecule has 5 heteroatoms. The first-order valence-corrected chi connectivity index (χ1v) is 7.90. The summed E-state index contributed by atoms with van der Waals surface area (Å²) in [7, 11) is 3.24. The summed E-state index contributed by atoms with van der Waals surface area (Å²) in [4.78, 5) is 0. The Balaban J connectivity index is 2.56. The Labute approximate surface area is 143 Å². The average molecular weight is 390 g/mol. The molecule has 0 N–H and O–H groups in total. The molecule has 1 unspecified atom stereocenters. The van der Waals surface area contributed by atoms with E-state index in [-0.39, 0.29) is 0 Å². The van der Waals surface area contributed by atoms with Crippen molar-refractivity contribution in [1.82, 2.24) is 0 Å². The summed E-state index contributed by atoms with van der Waals surface area (Å²) < 4.78 is 11.8. The predicted octanol–water partition coefficient (Wildman–Crippen LogP) is 5.76. The van der Waals surface area contributed by atoms with E-state index in [1.165, 1.54) is 0 Å². The van der Waals surface area contributed by atoms with Crippen molar-refractivity contribution in [3.8, 4) is 11.5 Å². The first kappa shape index (κ1) is 16.5. The van der Waals surface area contributed by atoms with Gasteiger partial charge in [-0.1, -0.05) is 27.5 Å². The first-order chi connectivity index (χ1) is 9.97. The van der Waals surface area contributed by atoms with Crippen LogP contribution >= 0.6 is 39.1 Å². The van der Waals surface area contributed by atoms with Gasteiger partial charge in [-0.25, -0.2) is 0 Å². The van der Waals surface area contributed by atoms with Crippen molar-refractivity contribution in [2.45, 2.75) is 12.3 Å². The highest BCUT2D eigenvalue weighted by Crippen LogP contribution is 2.42. The lowest BCUT2D eigenvalue weighted by atomic mass is 10.0. The van der Waals surface area contributed by atoms with E-state index in [1.54, 1.807) is 20.3 Å². The van der Waals surface area contributed by atoms with Crippen LogP contribution in [0.2, 0.25) is 5.02 Å². The monoisotopic (exact) mass is 388 g/mol. The molecular weight excluding hydrogens is 375 g/mol. The molecule has 2 aromatic rings. The third kappa shape index (κ3) is 3.47. The van der Waals surface area contributed by atoms with Crippen molar-refractivity contribution in [2.24, 2.45) is 0 Å². The number of aryl methyl sites for hydroxylation is 1. The summed E-state index contributed by atoms with van der Waals surface area (Å²) in [5.74, 6) is 1.43. The molecule has 0 saturated heterocycles. The van der Waals surface area contributed by atoms with Gasteiger partial charge in [-0.05, 0) is 42.8 Å². The number of hydrogen-bond acceptors (Lipinski definition) is 2. The molecule has 0 radical (unpaired) electrons. The Hall–Kier alpha value is -0.900. The van der Waals surface area contributed by atoms with Crippen molar-refractivity contribution in [1.29, 1.82) is 0 Å². The summed E-state index contributed by atoms with van der Waals surface area (Å²) in [6, 6.07) is 9.31. The fraction of sp³-hybridized carbons (Fsp3) is 0.250. The SMILES string of the molecule is COc1ccc(Cl)cc1C(Cl)c1cc(Br)c(C)cc1OC. The molecule has 0 saturated carbocycles. The fourth-order valence-corrected chi connectivity index (χ4v) is 3.00. The van der Waals surface area contributed by atoms with Crippen molar-refractivity contribution >= 4 is 39.1 Å². The van der Waals surface area contributed by atoms with Gasteiger partial charge in [0.25, 0.3) is 0 Å². The minimum absolute atomic E-state index is 0.425. The number of ether oxygens (including phenoxy) is 2. The molecular formula is C16H15BrCl2O2. The minimum Gasteiger partial charge on any atom is -0.496 e. The van der Waals surface area contributed by atoms with Crippen molar-refractivity contribution in [3.05, 3.63) is 56.5 Å². The van der Waals surface area contributed by atoms with Gasteiger partial charge in [-0.3, -0.25) is 0 Å². The second kappa shape index (κ2) is 6.91. The zero-order valence-corrected chi connectivity index (χ0v) is 15.0. The normalized spacial score (nSPS) is 12.1. The molecule has 2 nitrogen and oxygen atoms in total. The van der Waals surface area contributed by atoms with Gasteiger partial charge in [0.2, 0.25) is 0 Å². The topological polar surface area (TPSA) is 18.5 Å². The number of alkyl halides is 1. The standard InChI is InChI=1S/C16H15BrCl2O2/c1-9-6-15(21-3)12(8-13(9)17)16(19)11-7-10(18)4-5-14(11)20-2/h4-8,16H,1-3H3. The van der Waals surface area contributed by atoms with E-state index in [0.29, 0.717) is 10.8 Å². The maximum atomic E-state index is 6.66. The smallest absolute Gasteiger partial charge is 0.124 e. The fourth-order valence-electron chi connectivity index (χ4n) is 2.12. The molecule has 0 aromatic heterocycles. The summed E-state index contributed by atoms with van der Waals surface area (Å²) in [6.45, 7) is 2.00. The van der Waals surface area contributed by atoms with E-state index in [1.807, 2.05) is 31.2 Å². The van der Waals surface area contributed by atoms with Gasteiger partial charge >= 0.3 is 0 Å².